The van der Waals surface area contributed by atoms with Crippen LogP contribution in [0.4, 0.5) is 4.39 Å². The Labute approximate surface area is 209 Å². The number of aryl methyl sites for hydroxylation is 1. The van der Waals surface area contributed by atoms with Gasteiger partial charge >= 0.3 is 0 Å². The van der Waals surface area contributed by atoms with Gasteiger partial charge in [0.2, 0.25) is 0 Å². The van der Waals surface area contributed by atoms with Crippen molar-refractivity contribution in [3.63, 3.8) is 0 Å². The van der Waals surface area contributed by atoms with Gasteiger partial charge < -0.3 is 20.1 Å². The largest absolute Gasteiger partial charge is 0.496 e. The molecule has 2 rings (SSSR count). The molecule has 0 saturated heterocycles. The van der Waals surface area contributed by atoms with Crippen LogP contribution < -0.4 is 15.4 Å². The lowest BCUT2D eigenvalue weighted by atomic mass is 9.98. The fraction of sp³-hybridized carbons (Fsp3) is 0.440. The van der Waals surface area contributed by atoms with Gasteiger partial charge in [0.05, 0.1) is 19.3 Å². The molecule has 2 aromatic rings. The number of hydrogen-bond donors (Lipinski definition) is 4. The van der Waals surface area contributed by atoms with Gasteiger partial charge in [-0.1, -0.05) is 35.8 Å². The van der Waals surface area contributed by atoms with E-state index >= 15 is 0 Å². The monoisotopic (exact) mass is 536 g/mol. The van der Waals surface area contributed by atoms with E-state index in [1.54, 1.807) is 14.0 Å². The van der Waals surface area contributed by atoms with Crippen molar-refractivity contribution in [2.24, 2.45) is 0 Å². The van der Waals surface area contributed by atoms with Crippen molar-refractivity contribution in [2.45, 2.75) is 45.8 Å². The number of carbonyl (C=O) groups excluding carboxylic acids is 1. The number of benzene rings is 2. The van der Waals surface area contributed by atoms with Crippen LogP contribution in [0.25, 0.3) is 0 Å². The molecule has 0 spiro atoms. The fourth-order valence-corrected chi connectivity index (χ4v) is 4.08. The molecule has 0 aliphatic carbocycles. The minimum Gasteiger partial charge on any atom is -0.496 e. The molecule has 0 aliphatic rings. The van der Waals surface area contributed by atoms with Crippen molar-refractivity contribution in [1.29, 1.82) is 5.41 Å². The van der Waals surface area contributed by atoms with Crippen LogP contribution in [0.15, 0.2) is 40.9 Å². The number of aliphatic hydroxyl groups excluding tert-OH is 1. The van der Waals surface area contributed by atoms with Crippen molar-refractivity contribution >= 4 is 27.8 Å². The molecule has 0 heterocycles. The first-order chi connectivity index (χ1) is 16.2. The van der Waals surface area contributed by atoms with Crippen LogP contribution in [0.3, 0.4) is 0 Å². The van der Waals surface area contributed by atoms with Gasteiger partial charge in [-0.15, -0.1) is 0 Å². The van der Waals surface area contributed by atoms with E-state index in [4.69, 9.17) is 10.1 Å². The number of nitrogens with one attached hydrogen (secondary N) is 3. The van der Waals surface area contributed by atoms with E-state index in [-0.39, 0.29) is 23.5 Å². The maximum atomic E-state index is 14.7. The minimum atomic E-state index is -0.720. The third-order valence-electron chi connectivity index (χ3n) is 5.78. The molecule has 9 heteroatoms. The number of hydrogen-bond acceptors (Lipinski definition) is 5. The zero-order valence-corrected chi connectivity index (χ0v) is 21.7. The number of carbonyl (C=O) groups is 1. The minimum absolute atomic E-state index is 0.164. The second-order valence-electron chi connectivity index (χ2n) is 8.04. The number of aliphatic hydroxyl groups is 1. The maximum absolute atomic E-state index is 14.7. The topological polar surface area (TPSA) is 97.7 Å². The Balaban J connectivity index is 2.07. The van der Waals surface area contributed by atoms with E-state index in [1.165, 1.54) is 18.2 Å². The molecule has 2 aromatic carbocycles. The Hall–Kier alpha value is -2.49. The molecule has 0 fully saturated rings. The molecule has 2 atom stereocenters. The number of amides is 1. The number of nitrogens with zero attached hydrogens (tertiary/aromatic N) is 1. The van der Waals surface area contributed by atoms with Crippen molar-refractivity contribution in [1.82, 2.24) is 15.5 Å². The molecule has 7 nitrogen and oxygen atoms in total. The Bertz CT molecular complexity index is 985. The third kappa shape index (κ3) is 7.78. The Morgan fingerprint density at radius 3 is 2.59 bits per heavy atom. The first-order valence-electron chi connectivity index (χ1n) is 11.4. The van der Waals surface area contributed by atoms with E-state index < -0.39 is 23.9 Å². The Morgan fingerprint density at radius 1 is 1.24 bits per heavy atom. The number of methoxy groups -OCH3 is 1. The van der Waals surface area contributed by atoms with Gasteiger partial charge in [-0.05, 0) is 68.8 Å². The molecule has 4 N–H and O–H groups in total. The summed E-state index contributed by atoms with van der Waals surface area (Å²) in [6.07, 6.45) is 0.0258. The molecule has 0 radical (unpaired) electrons. The smallest absolute Gasteiger partial charge is 0.258 e. The highest BCUT2D eigenvalue weighted by molar-refractivity contribution is 9.10. The van der Waals surface area contributed by atoms with Crippen LogP contribution in [0.2, 0.25) is 0 Å². The molecule has 2 unspecified atom stereocenters. The predicted octanol–water partition coefficient (Wildman–Crippen LogP) is 3.73. The number of rotatable bonds is 11. The number of halogens is 2. The summed E-state index contributed by atoms with van der Waals surface area (Å²) in [4.78, 5) is 15.0. The molecule has 0 aliphatic heterocycles. The molecule has 0 bridgehead atoms. The van der Waals surface area contributed by atoms with Crippen molar-refractivity contribution < 1.29 is 19.0 Å². The SMILES string of the molecule is CCN(CC)CC(O)C(C)NC(=N)NC(=O)c1cccc(F)c1CCc1cc(Br)ccc1OC. The maximum Gasteiger partial charge on any atom is 0.258 e. The van der Waals surface area contributed by atoms with Crippen LogP contribution >= 0.6 is 15.9 Å². The van der Waals surface area contributed by atoms with E-state index in [1.807, 2.05) is 32.0 Å². The van der Waals surface area contributed by atoms with E-state index in [2.05, 4.69) is 31.5 Å². The van der Waals surface area contributed by atoms with Crippen molar-refractivity contribution in [3.8, 4) is 5.75 Å². The molecular formula is C25H34BrFN4O3. The van der Waals surface area contributed by atoms with E-state index in [0.29, 0.717) is 18.7 Å². The molecule has 1 amide bonds. The first kappa shape index (κ1) is 27.8. The normalized spacial score (nSPS) is 12.8. The van der Waals surface area contributed by atoms with Crippen LogP contribution in [-0.4, -0.2) is 60.8 Å². The van der Waals surface area contributed by atoms with Gasteiger partial charge in [-0.2, -0.15) is 0 Å². The lowest BCUT2D eigenvalue weighted by Gasteiger charge is -2.27. The number of likely N-dealkylation sites (N-methyl/N-ethyl adjacent to an activating group) is 1. The molecule has 34 heavy (non-hydrogen) atoms. The van der Waals surface area contributed by atoms with Crippen LogP contribution in [0.1, 0.15) is 42.3 Å². The molecule has 0 aromatic heterocycles. The second kappa shape index (κ2) is 13.4. The van der Waals surface area contributed by atoms with Gasteiger partial charge in [-0.25, -0.2) is 4.39 Å². The summed E-state index contributed by atoms with van der Waals surface area (Å²) in [5, 5.41) is 23.8. The van der Waals surface area contributed by atoms with Gasteiger partial charge in [0.1, 0.15) is 11.6 Å². The first-order valence-corrected chi connectivity index (χ1v) is 12.2. The second-order valence-corrected chi connectivity index (χ2v) is 8.95. The fourth-order valence-electron chi connectivity index (χ4n) is 3.67. The van der Waals surface area contributed by atoms with Gasteiger partial charge in [0.15, 0.2) is 5.96 Å². The molecule has 0 saturated carbocycles. The average molecular weight is 537 g/mol. The number of guanidine groups is 1. The van der Waals surface area contributed by atoms with E-state index in [0.717, 1.165) is 23.1 Å². The Kier molecular flexibility index (Phi) is 10.9. The highest BCUT2D eigenvalue weighted by atomic mass is 79.9. The van der Waals surface area contributed by atoms with Gasteiger partial charge in [-0.3, -0.25) is 15.5 Å². The predicted molar refractivity (Wildman–Crippen MR) is 136 cm³/mol. The summed E-state index contributed by atoms with van der Waals surface area (Å²) in [6, 6.07) is 9.48. The zero-order valence-electron chi connectivity index (χ0n) is 20.1. The van der Waals surface area contributed by atoms with E-state index in [9.17, 15) is 14.3 Å². The Morgan fingerprint density at radius 2 is 1.94 bits per heavy atom. The quantitative estimate of drug-likeness (QED) is 0.259. The van der Waals surface area contributed by atoms with Crippen LogP contribution in [0, 0.1) is 11.2 Å². The standard InChI is InChI=1S/C25H34BrFN4O3/c1-5-31(6-2)15-22(32)16(3)29-25(28)30-24(33)20-8-7-9-21(27)19(20)12-10-17-14-18(26)11-13-23(17)34-4/h7-9,11,13-14,16,22,32H,5-6,10,12,15H2,1-4H3,(H3,28,29,30,33). The van der Waals surface area contributed by atoms with Crippen molar-refractivity contribution in [2.75, 3.05) is 26.7 Å². The lowest BCUT2D eigenvalue weighted by Crippen LogP contribution is -2.51. The summed E-state index contributed by atoms with van der Waals surface area (Å²) in [5.41, 5.74) is 1.32. The number of ether oxygens (including phenoxy) is 1. The highest BCUT2D eigenvalue weighted by Crippen LogP contribution is 2.25. The zero-order chi connectivity index (χ0) is 25.3. The van der Waals surface area contributed by atoms with Gasteiger partial charge in [0, 0.05) is 22.1 Å². The lowest BCUT2D eigenvalue weighted by molar-refractivity contribution is 0.0924. The molecular weight excluding hydrogens is 503 g/mol. The summed E-state index contributed by atoms with van der Waals surface area (Å²) < 4.78 is 21.0. The summed E-state index contributed by atoms with van der Waals surface area (Å²) in [5.74, 6) is -0.628. The van der Waals surface area contributed by atoms with Crippen LogP contribution in [0.5, 0.6) is 5.75 Å². The third-order valence-corrected chi connectivity index (χ3v) is 6.27. The summed E-state index contributed by atoms with van der Waals surface area (Å²) in [7, 11) is 1.58. The average Bonchev–Trinajstić information content (AvgIpc) is 2.81. The molecule has 186 valence electrons. The van der Waals surface area contributed by atoms with Gasteiger partial charge in [0.25, 0.3) is 5.91 Å². The summed E-state index contributed by atoms with van der Waals surface area (Å²) >= 11 is 3.44. The highest BCUT2D eigenvalue weighted by Gasteiger charge is 2.20. The van der Waals surface area contributed by atoms with Crippen LogP contribution in [-0.2, 0) is 12.8 Å². The summed E-state index contributed by atoms with van der Waals surface area (Å²) in [6.45, 7) is 7.84. The van der Waals surface area contributed by atoms with Crippen molar-refractivity contribution in [3.05, 3.63) is 63.4 Å².